The van der Waals surface area contributed by atoms with Crippen molar-refractivity contribution in [2.45, 2.75) is 24.8 Å². The van der Waals surface area contributed by atoms with E-state index in [1.54, 1.807) is 12.3 Å². The Balaban J connectivity index is 2.08. The number of hydrogen-bond acceptors (Lipinski definition) is 4. The minimum atomic E-state index is -1.01. The third-order valence-corrected chi connectivity index (χ3v) is 4.04. The minimum absolute atomic E-state index is 0.138. The van der Waals surface area contributed by atoms with E-state index in [-0.39, 0.29) is 5.41 Å². The molecule has 1 aliphatic carbocycles. The average molecular weight is 218 g/mol. The van der Waals surface area contributed by atoms with Gasteiger partial charge in [-0.15, -0.1) is 0 Å². The zero-order valence-corrected chi connectivity index (χ0v) is 8.73. The quantitative estimate of drug-likeness (QED) is 0.748. The highest BCUT2D eigenvalue weighted by Gasteiger charge is 2.67. The zero-order valence-electron chi connectivity index (χ0n) is 8.73. The van der Waals surface area contributed by atoms with Gasteiger partial charge in [0.05, 0.1) is 5.69 Å². The Labute approximate surface area is 92.9 Å². The molecule has 83 valence electrons. The van der Waals surface area contributed by atoms with Gasteiger partial charge in [0.15, 0.2) is 11.9 Å². The predicted octanol–water partition coefficient (Wildman–Crippen LogP) is 0.330. The second-order valence-electron chi connectivity index (χ2n) is 4.58. The lowest BCUT2D eigenvalue weighted by Crippen LogP contribution is -2.76. The van der Waals surface area contributed by atoms with Crippen LogP contribution in [0.4, 0.5) is 0 Å². The number of hydrogen-bond donors (Lipinski definition) is 2. The maximum Gasteiger partial charge on any atom is 0.330 e. The van der Waals surface area contributed by atoms with Crippen molar-refractivity contribution in [3.63, 3.8) is 0 Å². The molecule has 2 N–H and O–H groups in total. The first-order chi connectivity index (χ1) is 7.71. The zero-order chi connectivity index (χ0) is 11.2. The van der Waals surface area contributed by atoms with E-state index in [1.807, 2.05) is 0 Å². The number of nitrogens with one attached hydrogen (secondary N) is 1. The number of rotatable bonds is 2. The van der Waals surface area contributed by atoms with Crippen LogP contribution in [0.1, 0.15) is 25.0 Å². The maximum absolute atomic E-state index is 11.6. The normalized spacial score (nSPS) is 30.5. The van der Waals surface area contributed by atoms with Crippen LogP contribution in [0, 0.1) is 11.7 Å². The van der Waals surface area contributed by atoms with Crippen molar-refractivity contribution in [3.8, 4) is 0 Å². The fourth-order valence-corrected chi connectivity index (χ4v) is 2.91. The van der Waals surface area contributed by atoms with Crippen LogP contribution < -0.4 is 5.32 Å². The molecule has 2 aliphatic rings. The van der Waals surface area contributed by atoms with Crippen molar-refractivity contribution in [1.29, 1.82) is 0 Å². The van der Waals surface area contributed by atoms with Gasteiger partial charge in [0.1, 0.15) is 0 Å². The molecule has 1 spiro atoms. The highest BCUT2D eigenvalue weighted by Crippen LogP contribution is 2.58. The molecular formula is C11H12N3O2. The smallest absolute Gasteiger partial charge is 0.330 e. The minimum Gasteiger partial charge on any atom is -0.480 e. The topological polar surface area (TPSA) is 75.1 Å². The van der Waals surface area contributed by atoms with Crippen molar-refractivity contribution in [3.05, 3.63) is 24.3 Å². The van der Waals surface area contributed by atoms with Crippen LogP contribution in [-0.2, 0) is 10.3 Å². The highest BCUT2D eigenvalue weighted by molar-refractivity contribution is 5.83. The van der Waals surface area contributed by atoms with E-state index in [2.05, 4.69) is 21.6 Å². The Kier molecular flexibility index (Phi) is 1.83. The molecule has 3 rings (SSSR count). The number of aliphatic carboxylic acids is 1. The molecule has 1 aromatic heterocycles. The summed E-state index contributed by atoms with van der Waals surface area (Å²) in [5.74, 6) is -0.842. The molecule has 1 radical (unpaired) electrons. The van der Waals surface area contributed by atoms with E-state index in [1.165, 1.54) is 0 Å². The van der Waals surface area contributed by atoms with E-state index in [4.69, 9.17) is 0 Å². The van der Waals surface area contributed by atoms with Crippen molar-refractivity contribution < 1.29 is 9.90 Å². The number of nitrogens with zero attached hydrogens (tertiary/aromatic N) is 2. The van der Waals surface area contributed by atoms with Gasteiger partial charge in [0.2, 0.25) is 0 Å². The molecule has 1 atom stereocenters. The Morgan fingerprint density at radius 3 is 2.75 bits per heavy atom. The van der Waals surface area contributed by atoms with Gasteiger partial charge in [-0.3, -0.25) is 5.32 Å². The number of carboxylic acids is 1. The molecule has 2 heterocycles. The summed E-state index contributed by atoms with van der Waals surface area (Å²) in [6, 6.07) is 1.66. The monoisotopic (exact) mass is 218 g/mol. The van der Waals surface area contributed by atoms with Crippen LogP contribution in [0.3, 0.4) is 0 Å². The van der Waals surface area contributed by atoms with Crippen molar-refractivity contribution in [2.75, 3.05) is 6.54 Å². The summed E-state index contributed by atoms with van der Waals surface area (Å²) in [5, 5.41) is 12.6. The summed E-state index contributed by atoms with van der Waals surface area (Å²) in [6.07, 6.45) is 7.03. The summed E-state index contributed by atoms with van der Waals surface area (Å²) in [6.45, 7) is 0.767. The molecular weight excluding hydrogens is 206 g/mol. The number of carboxylic acid groups (broad SMARTS) is 1. The third kappa shape index (κ3) is 0.917. The molecule has 1 saturated carbocycles. The molecule has 1 unspecified atom stereocenters. The van der Waals surface area contributed by atoms with Crippen LogP contribution in [0.5, 0.6) is 0 Å². The van der Waals surface area contributed by atoms with Crippen molar-refractivity contribution >= 4 is 5.97 Å². The Bertz CT molecular complexity index is 425. The predicted molar refractivity (Wildman–Crippen MR) is 54.5 cm³/mol. The van der Waals surface area contributed by atoms with Gasteiger partial charge < -0.3 is 5.11 Å². The van der Waals surface area contributed by atoms with Gasteiger partial charge in [-0.05, 0) is 18.9 Å². The van der Waals surface area contributed by atoms with Crippen LogP contribution in [-0.4, -0.2) is 27.6 Å². The molecule has 0 bridgehead atoms. The number of carbonyl (C=O) groups is 1. The lowest BCUT2D eigenvalue weighted by atomic mass is 9.50. The van der Waals surface area contributed by atoms with Crippen molar-refractivity contribution in [1.82, 2.24) is 15.3 Å². The summed E-state index contributed by atoms with van der Waals surface area (Å²) in [7, 11) is 0. The Morgan fingerprint density at radius 1 is 1.56 bits per heavy atom. The average Bonchev–Trinajstić information content (AvgIpc) is 2.15. The molecule has 2 fully saturated rings. The molecule has 1 aromatic rings. The molecule has 1 aliphatic heterocycles. The fraction of sp³-hybridized carbons (Fsp3) is 0.545. The third-order valence-electron chi connectivity index (χ3n) is 4.04. The van der Waals surface area contributed by atoms with Gasteiger partial charge in [-0.25, -0.2) is 14.8 Å². The Morgan fingerprint density at radius 2 is 2.38 bits per heavy atom. The lowest BCUT2D eigenvalue weighted by Gasteiger charge is -2.62. The summed E-state index contributed by atoms with van der Waals surface area (Å²) in [5.41, 5.74) is -0.618. The fourth-order valence-electron chi connectivity index (χ4n) is 2.91. The molecule has 16 heavy (non-hydrogen) atoms. The molecule has 5 heteroatoms. The second-order valence-corrected chi connectivity index (χ2v) is 4.58. The SMILES string of the molecule is O=C(O)C1(c2ccn[c]n2)NCC12CCC2. The second kappa shape index (κ2) is 3.01. The van der Waals surface area contributed by atoms with Gasteiger partial charge in [0.25, 0.3) is 0 Å². The van der Waals surface area contributed by atoms with Gasteiger partial charge >= 0.3 is 5.97 Å². The van der Waals surface area contributed by atoms with Gasteiger partial charge in [0, 0.05) is 18.2 Å². The van der Waals surface area contributed by atoms with Crippen molar-refractivity contribution in [2.24, 2.45) is 5.41 Å². The van der Waals surface area contributed by atoms with E-state index < -0.39 is 11.5 Å². The van der Waals surface area contributed by atoms with Crippen LogP contribution in [0.15, 0.2) is 12.3 Å². The molecule has 1 saturated heterocycles. The first-order valence-electron chi connectivity index (χ1n) is 5.39. The van der Waals surface area contributed by atoms with E-state index >= 15 is 0 Å². The van der Waals surface area contributed by atoms with E-state index in [9.17, 15) is 9.90 Å². The summed E-state index contributed by atoms with van der Waals surface area (Å²) < 4.78 is 0. The lowest BCUT2D eigenvalue weighted by molar-refractivity contribution is -0.173. The van der Waals surface area contributed by atoms with Gasteiger partial charge in [-0.1, -0.05) is 6.42 Å². The standard InChI is InChI=1S/C11H12N3O2/c15-9(16)11(8-2-5-12-7-13-8)10(6-14-11)3-1-4-10/h2,5,14H,1,3-4,6H2,(H,15,16). The highest BCUT2D eigenvalue weighted by atomic mass is 16.4. The largest absolute Gasteiger partial charge is 0.480 e. The molecule has 5 nitrogen and oxygen atoms in total. The van der Waals surface area contributed by atoms with Crippen LogP contribution in [0.2, 0.25) is 0 Å². The number of aromatic nitrogens is 2. The first kappa shape index (κ1) is 9.72. The van der Waals surface area contributed by atoms with Crippen LogP contribution in [0.25, 0.3) is 0 Å². The van der Waals surface area contributed by atoms with E-state index in [0.29, 0.717) is 5.69 Å². The molecule has 0 amide bonds. The Hall–Kier alpha value is -1.49. The van der Waals surface area contributed by atoms with Gasteiger partial charge in [-0.2, -0.15) is 0 Å². The van der Waals surface area contributed by atoms with Crippen LogP contribution >= 0.6 is 0 Å². The maximum atomic E-state index is 11.6. The summed E-state index contributed by atoms with van der Waals surface area (Å²) >= 11 is 0. The first-order valence-corrected chi connectivity index (χ1v) is 5.39. The summed E-state index contributed by atoms with van der Waals surface area (Å²) in [4.78, 5) is 19.3. The molecule has 0 aromatic carbocycles. The van der Waals surface area contributed by atoms with E-state index in [0.717, 1.165) is 25.8 Å².